The number of rotatable bonds is 4. The Morgan fingerprint density at radius 1 is 1.25 bits per heavy atom. The molecule has 2 aromatic carbocycles. The van der Waals surface area contributed by atoms with E-state index in [1.807, 2.05) is 18.2 Å². The van der Waals surface area contributed by atoms with Gasteiger partial charge in [-0.3, -0.25) is 4.79 Å². The maximum atomic E-state index is 12.8. The lowest BCUT2D eigenvalue weighted by atomic mass is 10.1. The number of nitrogens with one attached hydrogen (secondary N) is 1. The van der Waals surface area contributed by atoms with Gasteiger partial charge in [0.05, 0.1) is 12.8 Å². The zero-order valence-corrected chi connectivity index (χ0v) is 16.3. The molecule has 0 spiro atoms. The lowest BCUT2D eigenvalue weighted by Crippen LogP contribution is -2.27. The van der Waals surface area contributed by atoms with Crippen molar-refractivity contribution >= 4 is 34.8 Å². The highest BCUT2D eigenvalue weighted by atomic mass is 35.5. The molecule has 0 radical (unpaired) electrons. The fourth-order valence-corrected chi connectivity index (χ4v) is 3.60. The van der Waals surface area contributed by atoms with Gasteiger partial charge < -0.3 is 15.0 Å². The van der Waals surface area contributed by atoms with Crippen molar-refractivity contribution in [3.05, 3.63) is 71.0 Å². The maximum Gasteiger partial charge on any atom is 0.274 e. The molecule has 7 heteroatoms. The van der Waals surface area contributed by atoms with Crippen molar-refractivity contribution in [1.82, 2.24) is 9.97 Å². The van der Waals surface area contributed by atoms with Gasteiger partial charge in [-0.25, -0.2) is 9.97 Å². The van der Waals surface area contributed by atoms with Crippen LogP contribution in [0.1, 0.15) is 23.0 Å². The number of fused-ring (bicyclic) bond motifs is 1. The third-order valence-electron chi connectivity index (χ3n) is 4.71. The summed E-state index contributed by atoms with van der Waals surface area (Å²) in [4.78, 5) is 23.7. The second-order valence-electron chi connectivity index (χ2n) is 6.59. The molecule has 1 N–H and O–H groups in total. The first-order chi connectivity index (χ1) is 13.6. The summed E-state index contributed by atoms with van der Waals surface area (Å²) in [6.45, 7) is 2.12. The summed E-state index contributed by atoms with van der Waals surface area (Å²) in [6.07, 6.45) is 2.51. The SMILES string of the molecule is COc1ccc(Cl)cc1NC(=O)c1ccnc(N2c3ccccc3CC2C)n1. The summed E-state index contributed by atoms with van der Waals surface area (Å²) in [5, 5.41) is 3.31. The lowest BCUT2D eigenvalue weighted by Gasteiger charge is -2.22. The van der Waals surface area contributed by atoms with Crippen molar-refractivity contribution in [3.63, 3.8) is 0 Å². The molecular formula is C21H19ClN4O2. The Balaban J connectivity index is 1.63. The average molecular weight is 395 g/mol. The highest BCUT2D eigenvalue weighted by molar-refractivity contribution is 6.31. The van der Waals surface area contributed by atoms with Crippen molar-refractivity contribution in [3.8, 4) is 5.75 Å². The fourth-order valence-electron chi connectivity index (χ4n) is 3.43. The number of carbonyl (C=O) groups excluding carboxylic acids is 1. The van der Waals surface area contributed by atoms with Crippen molar-refractivity contribution < 1.29 is 9.53 Å². The Hall–Kier alpha value is -3.12. The van der Waals surface area contributed by atoms with Crippen LogP contribution < -0.4 is 15.0 Å². The molecule has 0 saturated carbocycles. The Labute approximate surface area is 168 Å². The third kappa shape index (κ3) is 3.39. The van der Waals surface area contributed by atoms with E-state index in [0.29, 0.717) is 22.4 Å². The van der Waals surface area contributed by atoms with Gasteiger partial charge in [0.15, 0.2) is 0 Å². The van der Waals surface area contributed by atoms with E-state index >= 15 is 0 Å². The number of anilines is 3. The number of ether oxygens (including phenoxy) is 1. The van der Waals surface area contributed by atoms with E-state index in [1.165, 1.54) is 12.7 Å². The molecule has 3 aromatic rings. The standard InChI is InChI=1S/C21H19ClN4O2/c1-13-11-14-5-3-4-6-18(14)26(13)21-23-10-9-16(25-21)20(27)24-17-12-15(22)7-8-19(17)28-2/h3-10,12-13H,11H2,1-2H3,(H,24,27). The first kappa shape index (κ1) is 18.3. The topological polar surface area (TPSA) is 67.3 Å². The van der Waals surface area contributed by atoms with E-state index < -0.39 is 0 Å². The van der Waals surface area contributed by atoms with Gasteiger partial charge in [-0.05, 0) is 49.2 Å². The van der Waals surface area contributed by atoms with Crippen molar-refractivity contribution in [1.29, 1.82) is 0 Å². The first-order valence-corrected chi connectivity index (χ1v) is 9.29. The Kier molecular flexibility index (Phi) is 4.88. The summed E-state index contributed by atoms with van der Waals surface area (Å²) < 4.78 is 5.28. The molecule has 0 saturated heterocycles. The Bertz CT molecular complexity index is 1040. The summed E-state index contributed by atoms with van der Waals surface area (Å²) in [5.41, 5.74) is 3.07. The van der Waals surface area contributed by atoms with Crippen molar-refractivity contribution in [2.24, 2.45) is 0 Å². The number of hydrogen-bond donors (Lipinski definition) is 1. The van der Waals surface area contributed by atoms with Crippen LogP contribution >= 0.6 is 11.6 Å². The third-order valence-corrected chi connectivity index (χ3v) is 4.94. The van der Waals surface area contributed by atoms with E-state index in [1.54, 1.807) is 30.5 Å². The number of para-hydroxylation sites is 1. The molecule has 2 heterocycles. The van der Waals surface area contributed by atoms with Crippen LogP contribution in [-0.2, 0) is 6.42 Å². The molecule has 1 aliphatic rings. The second-order valence-corrected chi connectivity index (χ2v) is 7.03. The monoisotopic (exact) mass is 394 g/mol. The van der Waals surface area contributed by atoms with Crippen molar-refractivity contribution in [2.75, 3.05) is 17.3 Å². The largest absolute Gasteiger partial charge is 0.495 e. The molecule has 1 unspecified atom stereocenters. The molecule has 0 fully saturated rings. The lowest BCUT2D eigenvalue weighted by molar-refractivity contribution is 0.102. The number of methoxy groups -OCH3 is 1. The van der Waals surface area contributed by atoms with E-state index in [9.17, 15) is 4.79 Å². The molecule has 1 amide bonds. The molecule has 142 valence electrons. The van der Waals surface area contributed by atoms with Crippen LogP contribution in [-0.4, -0.2) is 29.0 Å². The van der Waals surface area contributed by atoms with Gasteiger partial charge in [-0.2, -0.15) is 0 Å². The zero-order valence-electron chi connectivity index (χ0n) is 15.5. The average Bonchev–Trinajstić information content (AvgIpc) is 3.04. The predicted molar refractivity (Wildman–Crippen MR) is 110 cm³/mol. The van der Waals surface area contributed by atoms with Gasteiger partial charge in [0.25, 0.3) is 5.91 Å². The van der Waals surface area contributed by atoms with Gasteiger partial charge in [0.2, 0.25) is 5.95 Å². The highest BCUT2D eigenvalue weighted by Gasteiger charge is 2.29. The van der Waals surface area contributed by atoms with Gasteiger partial charge in [-0.15, -0.1) is 0 Å². The van der Waals surface area contributed by atoms with Crippen LogP contribution in [0.3, 0.4) is 0 Å². The maximum absolute atomic E-state index is 12.8. The van der Waals surface area contributed by atoms with E-state index in [-0.39, 0.29) is 17.6 Å². The number of aromatic nitrogens is 2. The fraction of sp³-hybridized carbons (Fsp3) is 0.190. The first-order valence-electron chi connectivity index (χ1n) is 8.92. The van der Waals surface area contributed by atoms with Crippen LogP contribution in [0.2, 0.25) is 5.02 Å². The molecule has 1 aliphatic heterocycles. The van der Waals surface area contributed by atoms with Crippen LogP contribution in [0, 0.1) is 0 Å². The summed E-state index contributed by atoms with van der Waals surface area (Å²) >= 11 is 6.04. The summed E-state index contributed by atoms with van der Waals surface area (Å²) in [7, 11) is 1.54. The van der Waals surface area contributed by atoms with Crippen molar-refractivity contribution in [2.45, 2.75) is 19.4 Å². The van der Waals surface area contributed by atoms with Crippen LogP contribution in [0.5, 0.6) is 5.75 Å². The molecule has 28 heavy (non-hydrogen) atoms. The van der Waals surface area contributed by atoms with E-state index in [2.05, 4.69) is 33.2 Å². The normalized spacial score (nSPS) is 15.2. The molecule has 4 rings (SSSR count). The molecule has 0 bridgehead atoms. The van der Waals surface area contributed by atoms with Gasteiger partial charge in [0.1, 0.15) is 11.4 Å². The highest BCUT2D eigenvalue weighted by Crippen LogP contribution is 2.36. The number of amides is 1. The van der Waals surface area contributed by atoms with Gasteiger partial charge in [0, 0.05) is 22.9 Å². The van der Waals surface area contributed by atoms with Crippen LogP contribution in [0.25, 0.3) is 0 Å². The second kappa shape index (κ2) is 7.48. The number of nitrogens with zero attached hydrogens (tertiary/aromatic N) is 3. The van der Waals surface area contributed by atoms with Gasteiger partial charge >= 0.3 is 0 Å². The van der Waals surface area contributed by atoms with E-state index in [4.69, 9.17) is 16.3 Å². The number of benzene rings is 2. The minimum absolute atomic E-state index is 0.212. The summed E-state index contributed by atoms with van der Waals surface area (Å²) in [5.74, 6) is 0.668. The van der Waals surface area contributed by atoms with Crippen LogP contribution in [0.15, 0.2) is 54.7 Å². The molecule has 1 aromatic heterocycles. The smallest absolute Gasteiger partial charge is 0.274 e. The minimum atomic E-state index is -0.357. The molecule has 0 aliphatic carbocycles. The molecule has 1 atom stereocenters. The number of carbonyl (C=O) groups is 1. The molecule has 6 nitrogen and oxygen atoms in total. The van der Waals surface area contributed by atoms with E-state index in [0.717, 1.165) is 12.1 Å². The van der Waals surface area contributed by atoms with Crippen LogP contribution in [0.4, 0.5) is 17.3 Å². The van der Waals surface area contributed by atoms with Gasteiger partial charge in [-0.1, -0.05) is 29.8 Å². The Morgan fingerprint density at radius 3 is 2.89 bits per heavy atom. The zero-order chi connectivity index (χ0) is 19.7. The number of hydrogen-bond acceptors (Lipinski definition) is 5. The molecular weight excluding hydrogens is 376 g/mol. The minimum Gasteiger partial charge on any atom is -0.495 e. The number of halogens is 1. The Morgan fingerprint density at radius 2 is 2.07 bits per heavy atom. The summed E-state index contributed by atoms with van der Waals surface area (Å²) in [6, 6.07) is 15.0. The predicted octanol–water partition coefficient (Wildman–Crippen LogP) is 4.47. The quantitative estimate of drug-likeness (QED) is 0.707.